The molecule has 0 fully saturated rings. The lowest BCUT2D eigenvalue weighted by molar-refractivity contribution is -0.134. The molecule has 0 bridgehead atoms. The average Bonchev–Trinajstić information content (AvgIpc) is 2.06. The smallest absolute Gasteiger partial charge is 0.322 e. The van der Waals surface area contributed by atoms with E-state index in [4.69, 9.17) is 28.3 Å². The lowest BCUT2D eigenvalue weighted by Crippen LogP contribution is -2.13. The van der Waals surface area contributed by atoms with Gasteiger partial charge in [0.25, 0.3) is 0 Å². The van der Waals surface area contributed by atoms with Crippen molar-refractivity contribution in [2.45, 2.75) is 0 Å². The highest BCUT2D eigenvalue weighted by Crippen LogP contribution is 2.20. The van der Waals surface area contributed by atoms with Gasteiger partial charge in [0.1, 0.15) is 6.54 Å². The van der Waals surface area contributed by atoms with Crippen molar-refractivity contribution < 1.29 is 9.90 Å². The highest BCUT2D eigenvalue weighted by molar-refractivity contribution is 6.33. The summed E-state index contributed by atoms with van der Waals surface area (Å²) in [5.74, 6) is -0.996. The molecule has 1 aromatic rings. The molecule has 0 aliphatic carbocycles. The van der Waals surface area contributed by atoms with Crippen molar-refractivity contribution in [3.05, 3.63) is 16.4 Å². The Morgan fingerprint density at radius 2 is 2.23 bits per heavy atom. The van der Waals surface area contributed by atoms with Crippen LogP contribution in [-0.2, 0) is 4.79 Å². The van der Waals surface area contributed by atoms with Crippen molar-refractivity contribution >= 4 is 34.9 Å². The molecule has 5 nitrogen and oxygen atoms in total. The maximum absolute atomic E-state index is 10.2. The molecule has 70 valence electrons. The van der Waals surface area contributed by atoms with Gasteiger partial charge in [-0.3, -0.25) is 4.79 Å². The highest BCUT2D eigenvalue weighted by Gasteiger charge is 2.04. The maximum Gasteiger partial charge on any atom is 0.322 e. The van der Waals surface area contributed by atoms with E-state index in [-0.39, 0.29) is 16.9 Å². The van der Waals surface area contributed by atoms with Crippen LogP contribution in [0.25, 0.3) is 0 Å². The summed E-state index contributed by atoms with van der Waals surface area (Å²) >= 11 is 11.1. The Balaban J connectivity index is 2.75. The zero-order valence-corrected chi connectivity index (χ0v) is 7.80. The topological polar surface area (TPSA) is 75.1 Å². The number of carboxylic acid groups (broad SMARTS) is 1. The number of carboxylic acids is 1. The van der Waals surface area contributed by atoms with Gasteiger partial charge in [0.2, 0.25) is 0 Å². The lowest BCUT2D eigenvalue weighted by atomic mass is 10.4. The van der Waals surface area contributed by atoms with Crippen LogP contribution in [-0.4, -0.2) is 27.8 Å². The van der Waals surface area contributed by atoms with Crippen LogP contribution in [0, 0.1) is 0 Å². The van der Waals surface area contributed by atoms with E-state index < -0.39 is 5.97 Å². The minimum absolute atomic E-state index is 0.0886. The van der Waals surface area contributed by atoms with Gasteiger partial charge >= 0.3 is 5.97 Å². The Morgan fingerprint density at radius 3 is 2.85 bits per heavy atom. The van der Waals surface area contributed by atoms with Crippen LogP contribution in [0.15, 0.2) is 6.07 Å². The fourth-order valence-corrected chi connectivity index (χ4v) is 0.954. The van der Waals surface area contributed by atoms with Gasteiger partial charge in [-0.05, 0) is 0 Å². The van der Waals surface area contributed by atoms with Crippen LogP contribution in [0.1, 0.15) is 0 Å². The number of aliphatic carboxylic acids is 1. The van der Waals surface area contributed by atoms with Crippen LogP contribution in [0.4, 0.5) is 5.69 Å². The molecule has 0 unspecified atom stereocenters. The van der Waals surface area contributed by atoms with Gasteiger partial charge in [-0.2, -0.15) is 0 Å². The zero-order chi connectivity index (χ0) is 9.84. The SMILES string of the molecule is O=C(O)CNc1cc(Cl)nnc1Cl. The molecular weight excluding hydrogens is 217 g/mol. The Morgan fingerprint density at radius 1 is 1.54 bits per heavy atom. The number of aromatic nitrogens is 2. The van der Waals surface area contributed by atoms with Crippen molar-refractivity contribution in [1.29, 1.82) is 0 Å². The van der Waals surface area contributed by atoms with Crippen molar-refractivity contribution in [3.8, 4) is 0 Å². The second-order valence-corrected chi connectivity index (χ2v) is 2.86. The van der Waals surface area contributed by atoms with Crippen LogP contribution in [0.3, 0.4) is 0 Å². The summed E-state index contributed by atoms with van der Waals surface area (Å²) in [7, 11) is 0. The van der Waals surface area contributed by atoms with E-state index in [0.717, 1.165) is 0 Å². The molecule has 0 aromatic carbocycles. The van der Waals surface area contributed by atoms with Gasteiger partial charge in [-0.25, -0.2) is 0 Å². The van der Waals surface area contributed by atoms with E-state index in [1.807, 2.05) is 0 Å². The largest absolute Gasteiger partial charge is 0.480 e. The predicted molar refractivity (Wildman–Crippen MR) is 48.2 cm³/mol. The fraction of sp³-hybridized carbons (Fsp3) is 0.167. The van der Waals surface area contributed by atoms with E-state index in [0.29, 0.717) is 5.69 Å². The van der Waals surface area contributed by atoms with Crippen molar-refractivity contribution in [2.75, 3.05) is 11.9 Å². The summed E-state index contributed by atoms with van der Waals surface area (Å²) in [5.41, 5.74) is 0.351. The third-order valence-corrected chi connectivity index (χ3v) is 1.61. The summed E-state index contributed by atoms with van der Waals surface area (Å²) in [6.45, 7) is -0.248. The van der Waals surface area contributed by atoms with Crippen molar-refractivity contribution in [3.63, 3.8) is 0 Å². The second kappa shape index (κ2) is 4.25. The normalized spacial score (nSPS) is 9.69. The number of nitrogens with one attached hydrogen (secondary N) is 1. The fourth-order valence-electron chi connectivity index (χ4n) is 0.648. The molecule has 0 amide bonds. The first-order valence-corrected chi connectivity index (χ1v) is 3.99. The maximum atomic E-state index is 10.2. The molecule has 7 heteroatoms. The lowest BCUT2D eigenvalue weighted by Gasteiger charge is -2.03. The molecule has 0 aliphatic rings. The predicted octanol–water partition coefficient (Wildman–Crippen LogP) is 1.28. The van der Waals surface area contributed by atoms with Gasteiger partial charge in [0.15, 0.2) is 10.3 Å². The summed E-state index contributed by atoms with van der Waals surface area (Å²) in [4.78, 5) is 10.2. The van der Waals surface area contributed by atoms with Gasteiger partial charge < -0.3 is 10.4 Å². The van der Waals surface area contributed by atoms with Gasteiger partial charge in [0, 0.05) is 6.07 Å². The third-order valence-electron chi connectivity index (χ3n) is 1.15. The van der Waals surface area contributed by atoms with Gasteiger partial charge in [0.05, 0.1) is 5.69 Å². The summed E-state index contributed by atoms with van der Waals surface area (Å²) < 4.78 is 0. The number of hydrogen-bond acceptors (Lipinski definition) is 4. The van der Waals surface area contributed by atoms with E-state index in [2.05, 4.69) is 15.5 Å². The summed E-state index contributed by atoms with van der Waals surface area (Å²) in [6.07, 6.45) is 0. The van der Waals surface area contributed by atoms with E-state index in [1.165, 1.54) is 6.07 Å². The number of anilines is 1. The molecule has 0 aliphatic heterocycles. The van der Waals surface area contributed by atoms with E-state index >= 15 is 0 Å². The minimum atomic E-state index is -0.996. The first-order valence-electron chi connectivity index (χ1n) is 3.24. The molecule has 0 saturated carbocycles. The number of carbonyl (C=O) groups is 1. The molecule has 1 heterocycles. The molecule has 0 spiro atoms. The standard InChI is InChI=1S/C6H5Cl2N3O2/c7-4-1-3(6(8)11-10-4)9-2-5(12)13/h1H,2H2,(H,9,10)(H,12,13). The number of nitrogens with zero attached hydrogens (tertiary/aromatic N) is 2. The Labute approximate surface area is 83.7 Å². The molecule has 0 atom stereocenters. The molecule has 2 N–H and O–H groups in total. The average molecular weight is 222 g/mol. The van der Waals surface area contributed by atoms with Crippen LogP contribution >= 0.6 is 23.2 Å². The Kier molecular flexibility index (Phi) is 3.27. The molecule has 1 rings (SSSR count). The zero-order valence-electron chi connectivity index (χ0n) is 6.29. The summed E-state index contributed by atoms with van der Waals surface area (Å²) in [5, 5.41) is 18.1. The molecule has 0 radical (unpaired) electrons. The second-order valence-electron chi connectivity index (χ2n) is 2.12. The van der Waals surface area contributed by atoms with Gasteiger partial charge in [-0.15, -0.1) is 10.2 Å². The number of hydrogen-bond donors (Lipinski definition) is 2. The third kappa shape index (κ3) is 3.04. The van der Waals surface area contributed by atoms with Crippen LogP contribution < -0.4 is 5.32 Å². The monoisotopic (exact) mass is 221 g/mol. The quantitative estimate of drug-likeness (QED) is 0.805. The van der Waals surface area contributed by atoms with E-state index in [1.54, 1.807) is 0 Å². The van der Waals surface area contributed by atoms with Crippen LogP contribution in [0.5, 0.6) is 0 Å². The minimum Gasteiger partial charge on any atom is -0.480 e. The molecule has 0 saturated heterocycles. The highest BCUT2D eigenvalue weighted by atomic mass is 35.5. The Hall–Kier alpha value is -1.07. The van der Waals surface area contributed by atoms with Gasteiger partial charge in [-0.1, -0.05) is 23.2 Å². The molecular formula is C6H5Cl2N3O2. The molecule has 1 aromatic heterocycles. The number of rotatable bonds is 3. The number of halogens is 2. The van der Waals surface area contributed by atoms with E-state index in [9.17, 15) is 4.79 Å². The Bertz CT molecular complexity index is 332. The first kappa shape index (κ1) is 10.0. The van der Waals surface area contributed by atoms with Crippen LogP contribution in [0.2, 0.25) is 10.3 Å². The molecule has 13 heavy (non-hydrogen) atoms. The van der Waals surface area contributed by atoms with Crippen molar-refractivity contribution in [2.24, 2.45) is 0 Å². The van der Waals surface area contributed by atoms with Crippen molar-refractivity contribution in [1.82, 2.24) is 10.2 Å². The first-order chi connectivity index (χ1) is 6.09. The summed E-state index contributed by atoms with van der Waals surface area (Å²) in [6, 6.07) is 1.40.